The molecular weight excluding hydrogens is 496 g/mol. The van der Waals surface area contributed by atoms with Gasteiger partial charge in [0.2, 0.25) is 5.91 Å². The van der Waals surface area contributed by atoms with E-state index in [-0.39, 0.29) is 24.3 Å². The van der Waals surface area contributed by atoms with Crippen LogP contribution in [-0.4, -0.2) is 45.9 Å². The Kier molecular flexibility index (Phi) is 8.94. The van der Waals surface area contributed by atoms with Crippen LogP contribution in [0.5, 0.6) is 5.75 Å². The SMILES string of the molecule is CCN(CC)C(=O)C1=C(C)N=C2SC=C(CC(=O)NC(C)C)N2[C@@H]1c1cccc(OCc2ccccc2)c1. The largest absolute Gasteiger partial charge is 0.489 e. The summed E-state index contributed by atoms with van der Waals surface area (Å²) in [6.07, 6.45) is 0.205. The Morgan fingerprint density at radius 2 is 1.84 bits per heavy atom. The average molecular weight is 533 g/mol. The molecule has 0 saturated carbocycles. The summed E-state index contributed by atoms with van der Waals surface area (Å²) in [6, 6.07) is 17.5. The molecule has 0 aliphatic carbocycles. The Bertz CT molecular complexity index is 1270. The first-order valence-electron chi connectivity index (χ1n) is 13.1. The number of nitrogens with zero attached hydrogens (tertiary/aromatic N) is 3. The molecule has 0 fully saturated rings. The van der Waals surface area contributed by atoms with Gasteiger partial charge in [-0.1, -0.05) is 54.2 Å². The number of thioether (sulfide) groups is 1. The number of fused-ring (bicyclic) bond motifs is 1. The summed E-state index contributed by atoms with van der Waals surface area (Å²) in [6.45, 7) is 11.4. The summed E-state index contributed by atoms with van der Waals surface area (Å²) in [7, 11) is 0. The van der Waals surface area contributed by atoms with E-state index in [1.54, 1.807) is 0 Å². The van der Waals surface area contributed by atoms with Gasteiger partial charge in [0.05, 0.1) is 23.7 Å². The van der Waals surface area contributed by atoms with Crippen LogP contribution in [0.3, 0.4) is 0 Å². The number of ether oxygens (including phenoxy) is 1. The summed E-state index contributed by atoms with van der Waals surface area (Å²) in [5.74, 6) is 0.617. The number of benzene rings is 2. The molecule has 2 aromatic rings. The molecule has 0 unspecified atom stereocenters. The molecule has 1 atom stereocenters. The van der Waals surface area contributed by atoms with Gasteiger partial charge in [0.25, 0.3) is 5.91 Å². The second kappa shape index (κ2) is 12.3. The van der Waals surface area contributed by atoms with Gasteiger partial charge in [0, 0.05) is 24.8 Å². The minimum Gasteiger partial charge on any atom is -0.489 e. The average Bonchev–Trinajstić information content (AvgIpc) is 3.29. The summed E-state index contributed by atoms with van der Waals surface area (Å²) < 4.78 is 6.14. The zero-order valence-electron chi connectivity index (χ0n) is 22.7. The van der Waals surface area contributed by atoms with Crippen LogP contribution < -0.4 is 10.1 Å². The van der Waals surface area contributed by atoms with Crippen molar-refractivity contribution in [1.29, 1.82) is 0 Å². The third-order valence-electron chi connectivity index (χ3n) is 6.50. The fourth-order valence-electron chi connectivity index (χ4n) is 4.69. The van der Waals surface area contributed by atoms with Crippen LogP contribution in [0.1, 0.15) is 58.2 Å². The second-order valence-corrected chi connectivity index (χ2v) is 10.5. The lowest BCUT2D eigenvalue weighted by atomic mass is 9.92. The summed E-state index contributed by atoms with van der Waals surface area (Å²) in [4.78, 5) is 35.3. The van der Waals surface area contributed by atoms with Crippen molar-refractivity contribution in [2.45, 2.75) is 59.7 Å². The number of aliphatic imine (C=N–C) groups is 1. The van der Waals surface area contributed by atoms with E-state index in [9.17, 15) is 9.59 Å². The summed E-state index contributed by atoms with van der Waals surface area (Å²) >= 11 is 1.49. The molecule has 2 aromatic carbocycles. The zero-order valence-corrected chi connectivity index (χ0v) is 23.5. The number of nitrogens with one attached hydrogen (secondary N) is 1. The molecule has 2 heterocycles. The second-order valence-electron chi connectivity index (χ2n) is 9.62. The van der Waals surface area contributed by atoms with Crippen molar-refractivity contribution in [3.63, 3.8) is 0 Å². The van der Waals surface area contributed by atoms with Crippen LogP contribution in [0.15, 0.2) is 82.0 Å². The standard InChI is InChI=1S/C30H36N4O3S/c1-6-33(7-2)29(36)27-21(5)32-30-34(24(19-38-30)17-26(35)31-20(3)4)28(27)23-14-11-15-25(16-23)37-18-22-12-9-8-10-13-22/h8-16,19-20,28H,6-7,17-18H2,1-5H3,(H,31,35)/t28-/m1/s1. The lowest BCUT2D eigenvalue weighted by Gasteiger charge is -2.38. The van der Waals surface area contributed by atoms with E-state index in [0.29, 0.717) is 31.0 Å². The van der Waals surface area contributed by atoms with Crippen molar-refractivity contribution in [3.8, 4) is 5.75 Å². The smallest absolute Gasteiger partial charge is 0.254 e. The molecule has 4 rings (SSSR count). The fraction of sp³-hybridized carbons (Fsp3) is 0.367. The van der Waals surface area contributed by atoms with Crippen LogP contribution in [0.4, 0.5) is 0 Å². The van der Waals surface area contributed by atoms with E-state index >= 15 is 0 Å². The van der Waals surface area contributed by atoms with E-state index in [1.807, 2.05) is 104 Å². The van der Waals surface area contributed by atoms with Crippen molar-refractivity contribution in [1.82, 2.24) is 15.1 Å². The minimum absolute atomic E-state index is 0.0428. The monoisotopic (exact) mass is 532 g/mol. The highest BCUT2D eigenvalue weighted by atomic mass is 32.2. The number of carbonyl (C=O) groups is 2. The maximum atomic E-state index is 13.8. The van der Waals surface area contributed by atoms with Crippen molar-refractivity contribution >= 4 is 28.7 Å². The Hall–Kier alpha value is -3.52. The van der Waals surface area contributed by atoms with Crippen LogP contribution in [0.25, 0.3) is 0 Å². The highest BCUT2D eigenvalue weighted by Crippen LogP contribution is 2.45. The van der Waals surface area contributed by atoms with E-state index in [4.69, 9.17) is 9.73 Å². The molecule has 7 nitrogen and oxygen atoms in total. The van der Waals surface area contributed by atoms with E-state index in [2.05, 4.69) is 5.32 Å². The van der Waals surface area contributed by atoms with Gasteiger partial charge in [-0.2, -0.15) is 0 Å². The first-order valence-corrected chi connectivity index (χ1v) is 14.0. The van der Waals surface area contributed by atoms with Crippen LogP contribution in [-0.2, 0) is 16.2 Å². The normalized spacial score (nSPS) is 16.7. The van der Waals surface area contributed by atoms with Gasteiger partial charge in [0.15, 0.2) is 5.17 Å². The molecule has 0 spiro atoms. The van der Waals surface area contributed by atoms with Crippen LogP contribution in [0.2, 0.25) is 0 Å². The Labute approximate surface area is 229 Å². The molecule has 2 aliphatic rings. The molecule has 0 saturated heterocycles. The third kappa shape index (κ3) is 6.13. The molecule has 8 heteroatoms. The molecule has 38 heavy (non-hydrogen) atoms. The first-order chi connectivity index (χ1) is 18.3. The molecule has 0 bridgehead atoms. The van der Waals surface area contributed by atoms with Crippen LogP contribution in [0, 0.1) is 0 Å². The number of hydrogen-bond acceptors (Lipinski definition) is 6. The van der Waals surface area contributed by atoms with Gasteiger partial charge in [0.1, 0.15) is 12.4 Å². The minimum atomic E-state index is -0.427. The molecule has 2 aliphatic heterocycles. The maximum absolute atomic E-state index is 13.8. The first kappa shape index (κ1) is 27.5. The van der Waals surface area contributed by atoms with Gasteiger partial charge in [-0.15, -0.1) is 0 Å². The van der Waals surface area contributed by atoms with Crippen molar-refractivity contribution in [2.24, 2.45) is 4.99 Å². The third-order valence-corrected chi connectivity index (χ3v) is 7.38. The topological polar surface area (TPSA) is 74.2 Å². The Balaban J connectivity index is 1.72. The quantitative estimate of drug-likeness (QED) is 0.430. The van der Waals surface area contributed by atoms with Crippen molar-refractivity contribution < 1.29 is 14.3 Å². The summed E-state index contributed by atoms with van der Waals surface area (Å²) in [5.41, 5.74) is 4.13. The molecule has 2 amide bonds. The lowest BCUT2D eigenvalue weighted by molar-refractivity contribution is -0.127. The van der Waals surface area contributed by atoms with Gasteiger partial charge in [-0.05, 0) is 63.3 Å². The number of amides is 2. The van der Waals surface area contributed by atoms with Crippen LogP contribution >= 0.6 is 11.8 Å². The zero-order chi connectivity index (χ0) is 27.2. The highest BCUT2D eigenvalue weighted by molar-refractivity contribution is 8.16. The number of likely N-dealkylation sites (N-methyl/N-ethyl adjacent to an activating group) is 1. The van der Waals surface area contributed by atoms with Gasteiger partial charge >= 0.3 is 0 Å². The Morgan fingerprint density at radius 3 is 2.53 bits per heavy atom. The molecule has 200 valence electrons. The number of allylic oxidation sites excluding steroid dienone is 1. The highest BCUT2D eigenvalue weighted by Gasteiger charge is 2.41. The van der Waals surface area contributed by atoms with Crippen molar-refractivity contribution in [2.75, 3.05) is 13.1 Å². The maximum Gasteiger partial charge on any atom is 0.254 e. The number of amidine groups is 1. The number of rotatable bonds is 10. The summed E-state index contributed by atoms with van der Waals surface area (Å²) in [5, 5.41) is 5.72. The molecular formula is C30H36N4O3S. The van der Waals surface area contributed by atoms with Crippen molar-refractivity contribution in [3.05, 3.63) is 88.1 Å². The molecule has 1 N–H and O–H groups in total. The van der Waals surface area contributed by atoms with Gasteiger partial charge in [-0.25, -0.2) is 4.99 Å². The van der Waals surface area contributed by atoms with E-state index < -0.39 is 6.04 Å². The predicted molar refractivity (Wildman–Crippen MR) is 153 cm³/mol. The van der Waals surface area contributed by atoms with E-state index in [1.165, 1.54) is 11.8 Å². The van der Waals surface area contributed by atoms with E-state index in [0.717, 1.165) is 27.7 Å². The Morgan fingerprint density at radius 1 is 1.11 bits per heavy atom. The molecule has 0 aromatic heterocycles. The number of carbonyl (C=O) groups excluding carboxylic acids is 2. The van der Waals surface area contributed by atoms with Gasteiger partial charge < -0.3 is 19.9 Å². The molecule has 0 radical (unpaired) electrons. The van der Waals surface area contributed by atoms with Gasteiger partial charge in [-0.3, -0.25) is 9.59 Å². The number of hydrogen-bond donors (Lipinski definition) is 1. The lowest BCUT2D eigenvalue weighted by Crippen LogP contribution is -2.42. The predicted octanol–water partition coefficient (Wildman–Crippen LogP) is 5.62. The fourth-order valence-corrected chi connectivity index (χ4v) is 5.66.